The molecule has 19 heavy (non-hydrogen) atoms. The van der Waals surface area contributed by atoms with Crippen LogP contribution in [-0.4, -0.2) is 14.7 Å². The molecule has 1 aromatic heterocycles. The second-order valence-electron chi connectivity index (χ2n) is 5.08. The van der Waals surface area contributed by atoms with E-state index in [-0.39, 0.29) is 6.04 Å². The van der Waals surface area contributed by atoms with Crippen LogP contribution in [0.3, 0.4) is 0 Å². The number of hydrogen-bond donors (Lipinski definition) is 2. The first kappa shape index (κ1) is 13.6. The maximum atomic E-state index is 9.49. The van der Waals surface area contributed by atoms with E-state index in [0.29, 0.717) is 11.8 Å². The second-order valence-corrected chi connectivity index (χ2v) is 5.08. The Morgan fingerprint density at radius 2 is 2.11 bits per heavy atom. The quantitative estimate of drug-likeness (QED) is 0.867. The van der Waals surface area contributed by atoms with Gasteiger partial charge in [0.25, 0.3) is 0 Å². The van der Waals surface area contributed by atoms with Gasteiger partial charge >= 0.3 is 0 Å². The lowest BCUT2D eigenvalue weighted by Crippen LogP contribution is -2.20. The fourth-order valence-corrected chi connectivity index (χ4v) is 2.10. The van der Waals surface area contributed by atoms with Crippen LogP contribution in [0.4, 0.5) is 0 Å². The Balaban J connectivity index is 2.00. The van der Waals surface area contributed by atoms with Crippen molar-refractivity contribution in [1.29, 1.82) is 0 Å². The van der Waals surface area contributed by atoms with E-state index < -0.39 is 0 Å². The van der Waals surface area contributed by atoms with Crippen LogP contribution in [0, 0.1) is 0 Å². The zero-order valence-electron chi connectivity index (χ0n) is 11.7. The van der Waals surface area contributed by atoms with Gasteiger partial charge in [0.15, 0.2) is 0 Å². The average molecular weight is 259 g/mol. The molecule has 1 heterocycles. The standard InChI is InChI=1S/C15H21N3O/c1-11(2)18-10-16-8-14(18)9-17-12(3)13-5-4-6-15(19)7-13/h4-8,10-12,17,19H,9H2,1-3H3. The van der Waals surface area contributed by atoms with Crippen LogP contribution in [0.25, 0.3) is 0 Å². The normalized spacial score (nSPS) is 12.8. The molecule has 4 nitrogen and oxygen atoms in total. The molecule has 0 radical (unpaired) electrons. The third-order valence-electron chi connectivity index (χ3n) is 3.26. The van der Waals surface area contributed by atoms with E-state index in [1.807, 2.05) is 24.7 Å². The van der Waals surface area contributed by atoms with Gasteiger partial charge in [0, 0.05) is 24.8 Å². The largest absolute Gasteiger partial charge is 0.508 e. The van der Waals surface area contributed by atoms with Gasteiger partial charge in [0.05, 0.1) is 12.0 Å². The molecule has 0 aliphatic rings. The van der Waals surface area contributed by atoms with Gasteiger partial charge in [0.2, 0.25) is 0 Å². The summed E-state index contributed by atoms with van der Waals surface area (Å²) in [6, 6.07) is 7.94. The zero-order chi connectivity index (χ0) is 13.8. The summed E-state index contributed by atoms with van der Waals surface area (Å²) in [5.41, 5.74) is 2.25. The fourth-order valence-electron chi connectivity index (χ4n) is 2.10. The van der Waals surface area contributed by atoms with Crippen LogP contribution in [0.1, 0.15) is 44.1 Å². The highest BCUT2D eigenvalue weighted by atomic mass is 16.3. The van der Waals surface area contributed by atoms with Gasteiger partial charge in [0.1, 0.15) is 5.75 Å². The molecule has 4 heteroatoms. The van der Waals surface area contributed by atoms with E-state index in [4.69, 9.17) is 0 Å². The van der Waals surface area contributed by atoms with Crippen molar-refractivity contribution in [3.8, 4) is 5.75 Å². The monoisotopic (exact) mass is 259 g/mol. The second kappa shape index (κ2) is 5.89. The predicted molar refractivity (Wildman–Crippen MR) is 76.0 cm³/mol. The summed E-state index contributed by atoms with van der Waals surface area (Å²) >= 11 is 0. The van der Waals surface area contributed by atoms with E-state index in [2.05, 4.69) is 35.6 Å². The maximum absolute atomic E-state index is 9.49. The van der Waals surface area contributed by atoms with Crippen LogP contribution >= 0.6 is 0 Å². The van der Waals surface area contributed by atoms with Crippen molar-refractivity contribution in [3.05, 3.63) is 48.0 Å². The van der Waals surface area contributed by atoms with Crippen molar-refractivity contribution in [2.45, 2.75) is 39.4 Å². The lowest BCUT2D eigenvalue weighted by molar-refractivity contribution is 0.471. The maximum Gasteiger partial charge on any atom is 0.115 e. The number of imidazole rings is 1. The molecule has 0 aliphatic carbocycles. The van der Waals surface area contributed by atoms with Crippen molar-refractivity contribution >= 4 is 0 Å². The molecule has 0 spiro atoms. The molecule has 2 N–H and O–H groups in total. The van der Waals surface area contributed by atoms with Crippen LogP contribution in [0.5, 0.6) is 5.75 Å². The van der Waals surface area contributed by atoms with Crippen LogP contribution in [0.2, 0.25) is 0 Å². The zero-order valence-corrected chi connectivity index (χ0v) is 11.7. The highest BCUT2D eigenvalue weighted by Gasteiger charge is 2.09. The molecule has 2 aromatic rings. The van der Waals surface area contributed by atoms with Gasteiger partial charge in [-0.3, -0.25) is 0 Å². The Morgan fingerprint density at radius 1 is 1.32 bits per heavy atom. The van der Waals surface area contributed by atoms with Gasteiger partial charge in [-0.15, -0.1) is 0 Å². The van der Waals surface area contributed by atoms with E-state index >= 15 is 0 Å². The Bertz CT molecular complexity index is 534. The molecule has 1 atom stereocenters. The van der Waals surface area contributed by atoms with Crippen LogP contribution < -0.4 is 5.32 Å². The minimum absolute atomic E-state index is 0.183. The number of hydrogen-bond acceptors (Lipinski definition) is 3. The molecule has 0 fully saturated rings. The van der Waals surface area contributed by atoms with Crippen molar-refractivity contribution in [3.63, 3.8) is 0 Å². The summed E-state index contributed by atoms with van der Waals surface area (Å²) in [6.45, 7) is 7.13. The average Bonchev–Trinajstić information content (AvgIpc) is 2.84. The predicted octanol–water partition coefficient (Wildman–Crippen LogP) is 3.02. The highest BCUT2D eigenvalue weighted by molar-refractivity contribution is 5.29. The Morgan fingerprint density at radius 3 is 2.79 bits per heavy atom. The van der Waals surface area contributed by atoms with Crippen molar-refractivity contribution in [2.24, 2.45) is 0 Å². The highest BCUT2D eigenvalue weighted by Crippen LogP contribution is 2.18. The number of aromatic hydroxyl groups is 1. The summed E-state index contributed by atoms with van der Waals surface area (Å²) in [5.74, 6) is 0.304. The molecular formula is C15H21N3O. The van der Waals surface area contributed by atoms with Gasteiger partial charge in [-0.05, 0) is 38.5 Å². The summed E-state index contributed by atoms with van der Waals surface area (Å²) < 4.78 is 2.15. The molecular weight excluding hydrogens is 238 g/mol. The van der Waals surface area contributed by atoms with Crippen molar-refractivity contribution in [2.75, 3.05) is 0 Å². The number of aromatic nitrogens is 2. The molecule has 0 saturated heterocycles. The van der Waals surface area contributed by atoms with E-state index in [1.54, 1.807) is 12.1 Å². The minimum Gasteiger partial charge on any atom is -0.508 e. The van der Waals surface area contributed by atoms with Crippen molar-refractivity contribution < 1.29 is 5.11 Å². The summed E-state index contributed by atoms with van der Waals surface area (Å²) in [5, 5.41) is 12.9. The summed E-state index contributed by atoms with van der Waals surface area (Å²) in [7, 11) is 0. The molecule has 0 amide bonds. The number of phenols is 1. The smallest absolute Gasteiger partial charge is 0.115 e. The topological polar surface area (TPSA) is 50.1 Å². The number of nitrogens with one attached hydrogen (secondary N) is 1. The van der Waals surface area contributed by atoms with Gasteiger partial charge in [-0.2, -0.15) is 0 Å². The number of benzene rings is 1. The van der Waals surface area contributed by atoms with Gasteiger partial charge < -0.3 is 15.0 Å². The third kappa shape index (κ3) is 3.35. The molecule has 0 aliphatic heterocycles. The van der Waals surface area contributed by atoms with E-state index in [0.717, 1.165) is 12.1 Å². The molecule has 0 bridgehead atoms. The number of nitrogens with zero attached hydrogens (tertiary/aromatic N) is 2. The lowest BCUT2D eigenvalue weighted by Gasteiger charge is -2.17. The van der Waals surface area contributed by atoms with Crippen molar-refractivity contribution in [1.82, 2.24) is 14.9 Å². The Hall–Kier alpha value is -1.81. The van der Waals surface area contributed by atoms with Gasteiger partial charge in [-0.25, -0.2) is 4.98 Å². The van der Waals surface area contributed by atoms with Crippen LogP contribution in [-0.2, 0) is 6.54 Å². The van der Waals surface area contributed by atoms with E-state index in [1.165, 1.54) is 5.69 Å². The Labute approximate surface area is 114 Å². The Kier molecular flexibility index (Phi) is 4.22. The SMILES string of the molecule is CC(NCc1cncn1C(C)C)c1cccc(O)c1. The first-order valence-corrected chi connectivity index (χ1v) is 6.61. The molecule has 1 aromatic carbocycles. The minimum atomic E-state index is 0.183. The summed E-state index contributed by atoms with van der Waals surface area (Å²) in [6.07, 6.45) is 3.75. The summed E-state index contributed by atoms with van der Waals surface area (Å²) in [4.78, 5) is 4.19. The molecule has 0 saturated carbocycles. The molecule has 102 valence electrons. The van der Waals surface area contributed by atoms with Crippen LogP contribution in [0.15, 0.2) is 36.8 Å². The molecule has 2 rings (SSSR count). The molecule has 1 unspecified atom stereocenters. The number of phenolic OH excluding ortho intramolecular Hbond substituents is 1. The van der Waals surface area contributed by atoms with E-state index in [9.17, 15) is 5.11 Å². The first-order chi connectivity index (χ1) is 9.08. The number of rotatable bonds is 5. The van der Waals surface area contributed by atoms with Gasteiger partial charge in [-0.1, -0.05) is 12.1 Å². The fraction of sp³-hybridized carbons (Fsp3) is 0.400. The lowest BCUT2D eigenvalue weighted by atomic mass is 10.1. The first-order valence-electron chi connectivity index (χ1n) is 6.61. The third-order valence-corrected chi connectivity index (χ3v) is 3.26.